The van der Waals surface area contributed by atoms with Crippen molar-refractivity contribution in [1.29, 1.82) is 0 Å². The molecule has 0 heterocycles. The van der Waals surface area contributed by atoms with E-state index in [0.717, 1.165) is 77.8 Å². The average Bonchev–Trinajstić information content (AvgIpc) is 3.08. The molecule has 4 atom stereocenters. The molecule has 48 heavy (non-hydrogen) atoms. The van der Waals surface area contributed by atoms with Crippen LogP contribution in [0.2, 0.25) is 0 Å². The summed E-state index contributed by atoms with van der Waals surface area (Å²) in [7, 11) is 4.35. The second kappa shape index (κ2) is 20.7. The molecule has 0 aromatic heterocycles. The number of phenolic OH excluding ortho intramolecular Hbond substituents is 3. The number of fused-ring (bicyclic) bond motifs is 1. The molecule has 2 aromatic rings. The molecule has 1 unspecified atom stereocenters. The van der Waals surface area contributed by atoms with E-state index in [1.165, 1.54) is 33.5 Å². The molecule has 0 aliphatic heterocycles. The van der Waals surface area contributed by atoms with Crippen molar-refractivity contribution < 1.29 is 39.1 Å². The Labute approximate surface area is 283 Å². The molecule has 0 bridgehead atoms. The van der Waals surface area contributed by atoms with Gasteiger partial charge in [0, 0.05) is 31.3 Å². The molecule has 268 valence electrons. The maximum absolute atomic E-state index is 13.3. The summed E-state index contributed by atoms with van der Waals surface area (Å²) in [6.07, 6.45) is 5.74. The van der Waals surface area contributed by atoms with Gasteiger partial charge < -0.3 is 61.3 Å². The Morgan fingerprint density at radius 3 is 1.85 bits per heavy atom. The number of aromatic hydroxyl groups is 3. The number of hydrogen-bond donors (Lipinski definition) is 8. The van der Waals surface area contributed by atoms with E-state index in [4.69, 9.17) is 19.9 Å². The molecule has 1 aliphatic rings. The van der Waals surface area contributed by atoms with E-state index in [-0.39, 0.29) is 41.3 Å². The first-order valence-electron chi connectivity index (χ1n) is 16.9. The minimum atomic E-state index is -0.706. The highest BCUT2D eigenvalue weighted by Gasteiger charge is 2.45. The largest absolute Gasteiger partial charge is 0.504 e. The Morgan fingerprint density at radius 1 is 0.792 bits per heavy atom. The first-order chi connectivity index (χ1) is 23.3. The van der Waals surface area contributed by atoms with Crippen LogP contribution in [0.25, 0.3) is 0 Å². The van der Waals surface area contributed by atoms with Crippen molar-refractivity contribution in [2.45, 2.75) is 50.5 Å². The summed E-state index contributed by atoms with van der Waals surface area (Å²) in [6.45, 7) is 6.46. The van der Waals surface area contributed by atoms with Crippen LogP contribution in [0.1, 0.15) is 67.2 Å². The molecule has 0 saturated carbocycles. The molecule has 0 fully saturated rings. The standard InChI is InChI=1S/C35H55N5O8/c1-46-22-27-26(21-41)33(23-17-30(47-2)35(45)31(18-23)48-3)24-19-28(42)29(43)20-25(24)34(27)40-32(44)9-4-5-11-37-13-7-15-39-16-8-14-38-12-6-10-36/h17-21,26-27,33-34,37-39,42-43,45H,4-16,22,36H2,1-3H3,(H,40,44)/t26-,27-,33?,34+/m0/s1. The van der Waals surface area contributed by atoms with E-state index in [9.17, 15) is 24.9 Å². The lowest BCUT2D eigenvalue weighted by Gasteiger charge is -2.42. The zero-order valence-electron chi connectivity index (χ0n) is 28.6. The predicted octanol–water partition coefficient (Wildman–Crippen LogP) is 2.27. The number of aldehydes is 1. The van der Waals surface area contributed by atoms with E-state index in [1.807, 2.05) is 0 Å². The fourth-order valence-electron chi connectivity index (χ4n) is 6.37. The molecule has 13 heteroatoms. The predicted molar refractivity (Wildman–Crippen MR) is 184 cm³/mol. The summed E-state index contributed by atoms with van der Waals surface area (Å²) in [4.78, 5) is 26.1. The number of amides is 1. The van der Waals surface area contributed by atoms with Crippen molar-refractivity contribution in [3.63, 3.8) is 0 Å². The fraction of sp³-hybridized carbons (Fsp3) is 0.600. The molecule has 0 spiro atoms. The van der Waals surface area contributed by atoms with Gasteiger partial charge in [0.15, 0.2) is 23.0 Å². The average molecular weight is 674 g/mol. The summed E-state index contributed by atoms with van der Waals surface area (Å²) in [5.41, 5.74) is 7.19. The smallest absolute Gasteiger partial charge is 0.220 e. The molecule has 9 N–H and O–H groups in total. The van der Waals surface area contributed by atoms with Crippen LogP contribution in [0.3, 0.4) is 0 Å². The quantitative estimate of drug-likeness (QED) is 0.0488. The van der Waals surface area contributed by atoms with Gasteiger partial charge in [0.1, 0.15) is 6.29 Å². The molecule has 1 aliphatic carbocycles. The van der Waals surface area contributed by atoms with E-state index in [2.05, 4.69) is 21.3 Å². The van der Waals surface area contributed by atoms with Crippen molar-refractivity contribution in [2.75, 3.05) is 73.7 Å². The maximum Gasteiger partial charge on any atom is 0.220 e. The zero-order chi connectivity index (χ0) is 34.9. The van der Waals surface area contributed by atoms with Gasteiger partial charge in [0.2, 0.25) is 11.7 Å². The number of methoxy groups -OCH3 is 3. The normalized spacial score (nSPS) is 18.7. The summed E-state index contributed by atoms with van der Waals surface area (Å²) in [6, 6.07) is 5.41. The highest BCUT2D eigenvalue weighted by Crippen LogP contribution is 2.52. The number of unbranched alkanes of at least 4 members (excludes halogenated alkanes) is 1. The third kappa shape index (κ3) is 10.7. The lowest BCUT2D eigenvalue weighted by atomic mass is 9.64. The number of phenols is 3. The van der Waals surface area contributed by atoms with Gasteiger partial charge in [-0.1, -0.05) is 0 Å². The first-order valence-corrected chi connectivity index (χ1v) is 16.9. The number of ether oxygens (including phenoxy) is 3. The van der Waals surface area contributed by atoms with Gasteiger partial charge in [0.05, 0.1) is 26.9 Å². The topological polar surface area (TPSA) is 197 Å². The Morgan fingerprint density at radius 2 is 1.33 bits per heavy atom. The van der Waals surface area contributed by atoms with Crippen molar-refractivity contribution in [2.24, 2.45) is 17.6 Å². The second-order valence-corrected chi connectivity index (χ2v) is 12.2. The maximum atomic E-state index is 13.3. The van der Waals surface area contributed by atoms with E-state index in [0.29, 0.717) is 29.5 Å². The first kappa shape index (κ1) is 38.8. The highest BCUT2D eigenvalue weighted by molar-refractivity contribution is 5.77. The number of hydrogen-bond acceptors (Lipinski definition) is 12. The Hall–Kier alpha value is -3.62. The van der Waals surface area contributed by atoms with Crippen molar-refractivity contribution in [3.8, 4) is 28.7 Å². The Balaban J connectivity index is 1.62. The fourth-order valence-corrected chi connectivity index (χ4v) is 6.37. The summed E-state index contributed by atoms with van der Waals surface area (Å²) in [5, 5.41) is 44.9. The number of rotatable bonds is 23. The van der Waals surface area contributed by atoms with Crippen LogP contribution < -0.4 is 36.5 Å². The number of nitrogens with two attached hydrogens (primary N) is 1. The van der Waals surface area contributed by atoms with Crippen molar-refractivity contribution in [1.82, 2.24) is 21.3 Å². The minimum Gasteiger partial charge on any atom is -0.504 e. The molecule has 1 amide bonds. The summed E-state index contributed by atoms with van der Waals surface area (Å²) < 4.78 is 16.3. The third-order valence-electron chi connectivity index (χ3n) is 8.83. The lowest BCUT2D eigenvalue weighted by molar-refractivity contribution is -0.124. The lowest BCUT2D eigenvalue weighted by Crippen LogP contribution is -2.44. The van der Waals surface area contributed by atoms with Crippen LogP contribution in [-0.2, 0) is 14.3 Å². The molecule has 0 radical (unpaired) electrons. The Kier molecular flexibility index (Phi) is 16.7. The SMILES string of the molecule is COC[C@@H]1[C@H](NC(=O)CCCCNCCCNCCCNCCCN)c2cc(O)c(O)cc2C(c2cc(OC)c(O)c(OC)c2)[C@H]1C=O. The van der Waals surface area contributed by atoms with Crippen LogP contribution in [-0.4, -0.2) is 101 Å². The van der Waals surface area contributed by atoms with Gasteiger partial charge in [-0.3, -0.25) is 4.79 Å². The van der Waals surface area contributed by atoms with E-state index < -0.39 is 23.8 Å². The number of benzene rings is 2. The van der Waals surface area contributed by atoms with Crippen molar-refractivity contribution in [3.05, 3.63) is 41.0 Å². The molecule has 2 aromatic carbocycles. The summed E-state index contributed by atoms with van der Waals surface area (Å²) >= 11 is 0. The van der Waals surface area contributed by atoms with Crippen LogP contribution in [0.4, 0.5) is 0 Å². The monoisotopic (exact) mass is 673 g/mol. The molecular weight excluding hydrogens is 618 g/mol. The van der Waals surface area contributed by atoms with Gasteiger partial charge in [-0.15, -0.1) is 0 Å². The van der Waals surface area contributed by atoms with Crippen LogP contribution in [0.5, 0.6) is 28.7 Å². The van der Waals surface area contributed by atoms with E-state index >= 15 is 0 Å². The zero-order valence-corrected chi connectivity index (χ0v) is 28.6. The van der Waals surface area contributed by atoms with Gasteiger partial charge in [-0.25, -0.2) is 0 Å². The number of nitrogens with one attached hydrogen (secondary N) is 4. The van der Waals surface area contributed by atoms with Crippen molar-refractivity contribution >= 4 is 12.2 Å². The van der Waals surface area contributed by atoms with Gasteiger partial charge in [0.25, 0.3) is 0 Å². The van der Waals surface area contributed by atoms with Gasteiger partial charge >= 0.3 is 0 Å². The van der Waals surface area contributed by atoms with Gasteiger partial charge in [-0.05, 0) is 119 Å². The molecule has 3 rings (SSSR count). The third-order valence-corrected chi connectivity index (χ3v) is 8.83. The second-order valence-electron chi connectivity index (χ2n) is 12.2. The Bertz CT molecular complexity index is 1270. The highest BCUT2D eigenvalue weighted by atomic mass is 16.5. The summed E-state index contributed by atoms with van der Waals surface area (Å²) in [5.74, 6) is -2.61. The minimum absolute atomic E-state index is 0.142. The van der Waals surface area contributed by atoms with Gasteiger partial charge in [-0.2, -0.15) is 0 Å². The van der Waals surface area contributed by atoms with Crippen LogP contribution in [0.15, 0.2) is 24.3 Å². The van der Waals surface area contributed by atoms with Crippen LogP contribution in [0, 0.1) is 11.8 Å². The van der Waals surface area contributed by atoms with E-state index in [1.54, 1.807) is 12.1 Å². The van der Waals surface area contributed by atoms with Crippen LogP contribution >= 0.6 is 0 Å². The number of carbonyl (C=O) groups excluding carboxylic acids is 2. The number of carbonyl (C=O) groups is 2. The molecule has 0 saturated heterocycles. The molecular formula is C35H55N5O8. The molecule has 13 nitrogen and oxygen atoms in total.